The van der Waals surface area contributed by atoms with E-state index in [0.29, 0.717) is 18.9 Å². The minimum atomic E-state index is 0.212. The lowest BCUT2D eigenvalue weighted by atomic mass is 10.1. The molecule has 2 heterocycles. The molecular weight excluding hydrogens is 304 g/mol. The van der Waals surface area contributed by atoms with E-state index in [1.807, 2.05) is 36.1 Å². The van der Waals surface area contributed by atoms with Crippen LogP contribution in [0.2, 0.25) is 0 Å². The molecule has 0 N–H and O–H groups in total. The Bertz CT molecular complexity index is 546. The molecule has 1 aromatic carbocycles. The van der Waals surface area contributed by atoms with E-state index >= 15 is 0 Å². The maximum atomic E-state index is 12.5. The predicted molar refractivity (Wildman–Crippen MR) is 93.2 cm³/mol. The number of carbonyl (C=O) groups is 1. The minimum absolute atomic E-state index is 0.212. The van der Waals surface area contributed by atoms with E-state index < -0.39 is 0 Å². The van der Waals surface area contributed by atoms with Gasteiger partial charge in [0.05, 0.1) is 19.3 Å². The summed E-state index contributed by atoms with van der Waals surface area (Å²) in [6, 6.07) is 8.04. The Morgan fingerprint density at radius 3 is 2.79 bits per heavy atom. The second kappa shape index (κ2) is 7.99. The van der Waals surface area contributed by atoms with Crippen LogP contribution in [0.15, 0.2) is 24.3 Å². The number of carbonyl (C=O) groups excluding carboxylic acids is 1. The van der Waals surface area contributed by atoms with Crippen molar-refractivity contribution in [2.24, 2.45) is 5.92 Å². The fourth-order valence-corrected chi connectivity index (χ4v) is 3.59. The van der Waals surface area contributed by atoms with Gasteiger partial charge in [-0.05, 0) is 38.1 Å². The number of aryl methyl sites for hydroxylation is 1. The molecule has 24 heavy (non-hydrogen) atoms. The number of hydrogen-bond acceptors (Lipinski definition) is 4. The van der Waals surface area contributed by atoms with Gasteiger partial charge in [-0.2, -0.15) is 0 Å². The number of nitrogens with zero attached hydrogens (tertiary/aromatic N) is 2. The van der Waals surface area contributed by atoms with Gasteiger partial charge in [-0.3, -0.25) is 4.79 Å². The van der Waals surface area contributed by atoms with Gasteiger partial charge in [-0.25, -0.2) is 0 Å². The third kappa shape index (κ3) is 4.28. The van der Waals surface area contributed by atoms with E-state index in [2.05, 4.69) is 11.9 Å². The van der Waals surface area contributed by atoms with Crippen LogP contribution in [0.25, 0.3) is 0 Å². The van der Waals surface area contributed by atoms with Gasteiger partial charge in [0.15, 0.2) is 0 Å². The number of benzene rings is 1. The first-order valence-corrected chi connectivity index (χ1v) is 8.95. The van der Waals surface area contributed by atoms with Crippen LogP contribution in [-0.2, 0) is 16.0 Å². The van der Waals surface area contributed by atoms with Gasteiger partial charge in [-0.1, -0.05) is 12.1 Å². The molecule has 5 heteroatoms. The molecule has 2 fully saturated rings. The van der Waals surface area contributed by atoms with Crippen LogP contribution in [0.3, 0.4) is 0 Å². The number of likely N-dealkylation sites (tertiary alicyclic amines) is 1. The van der Waals surface area contributed by atoms with E-state index in [-0.39, 0.29) is 12.0 Å². The van der Waals surface area contributed by atoms with E-state index in [0.717, 1.165) is 45.0 Å². The van der Waals surface area contributed by atoms with Crippen molar-refractivity contribution >= 4 is 5.91 Å². The highest BCUT2D eigenvalue weighted by atomic mass is 16.5. The van der Waals surface area contributed by atoms with Gasteiger partial charge in [-0.15, -0.1) is 0 Å². The maximum Gasteiger partial charge on any atom is 0.223 e. The molecule has 1 amide bonds. The zero-order valence-corrected chi connectivity index (χ0v) is 14.7. The molecule has 3 rings (SSSR count). The lowest BCUT2D eigenvalue weighted by Crippen LogP contribution is -2.32. The monoisotopic (exact) mass is 332 g/mol. The molecular formula is C19H28N2O3. The quantitative estimate of drug-likeness (QED) is 0.825. The summed E-state index contributed by atoms with van der Waals surface area (Å²) >= 11 is 0. The number of fused-ring (bicyclic) bond motifs is 1. The summed E-state index contributed by atoms with van der Waals surface area (Å²) in [6.45, 7) is 7.01. The molecule has 2 aliphatic heterocycles. The van der Waals surface area contributed by atoms with Crippen LogP contribution in [-0.4, -0.2) is 68.3 Å². The second-order valence-electron chi connectivity index (χ2n) is 6.81. The molecule has 0 bridgehead atoms. The summed E-state index contributed by atoms with van der Waals surface area (Å²) < 4.78 is 11.4. The number of ether oxygens (including phenoxy) is 2. The van der Waals surface area contributed by atoms with E-state index in [1.54, 1.807) is 0 Å². The fraction of sp³-hybridized carbons (Fsp3) is 0.632. The lowest BCUT2D eigenvalue weighted by Gasteiger charge is -2.19. The first-order chi connectivity index (χ1) is 11.7. The lowest BCUT2D eigenvalue weighted by molar-refractivity contribution is -0.130. The molecule has 2 aliphatic rings. The minimum Gasteiger partial charge on any atom is -0.494 e. The van der Waals surface area contributed by atoms with E-state index in [1.165, 1.54) is 5.56 Å². The smallest absolute Gasteiger partial charge is 0.223 e. The molecule has 0 unspecified atom stereocenters. The van der Waals surface area contributed by atoms with Gasteiger partial charge in [0.2, 0.25) is 5.91 Å². The molecule has 2 saturated heterocycles. The largest absolute Gasteiger partial charge is 0.494 e. The molecule has 0 spiro atoms. The number of likely N-dealkylation sites (N-methyl/N-ethyl adjacent to an activating group) is 1. The second-order valence-corrected chi connectivity index (χ2v) is 6.81. The van der Waals surface area contributed by atoms with Crippen molar-refractivity contribution < 1.29 is 14.3 Å². The van der Waals surface area contributed by atoms with Crippen molar-refractivity contribution in [3.8, 4) is 5.75 Å². The fourth-order valence-electron chi connectivity index (χ4n) is 3.59. The number of hydrogen-bond donors (Lipinski definition) is 0. The Morgan fingerprint density at radius 1 is 1.25 bits per heavy atom. The summed E-state index contributed by atoms with van der Waals surface area (Å²) in [5, 5.41) is 0. The maximum absolute atomic E-state index is 12.5. The highest BCUT2D eigenvalue weighted by Gasteiger charge is 2.37. The molecule has 0 aromatic heterocycles. The van der Waals surface area contributed by atoms with Crippen LogP contribution >= 0.6 is 0 Å². The van der Waals surface area contributed by atoms with Crippen molar-refractivity contribution in [3.63, 3.8) is 0 Å². The average Bonchev–Trinajstić information content (AvgIpc) is 2.89. The van der Waals surface area contributed by atoms with Crippen LogP contribution in [0.5, 0.6) is 5.75 Å². The van der Waals surface area contributed by atoms with Gasteiger partial charge in [0.25, 0.3) is 0 Å². The summed E-state index contributed by atoms with van der Waals surface area (Å²) in [5.74, 6) is 1.57. The topological polar surface area (TPSA) is 42.0 Å². The van der Waals surface area contributed by atoms with Gasteiger partial charge in [0, 0.05) is 38.5 Å². The SMILES string of the molecule is CCOc1ccc(CCC(=O)N2C[C@@H]3CN(C)CCO[C@@H]3C2)cc1. The van der Waals surface area contributed by atoms with Gasteiger partial charge in [0.1, 0.15) is 5.75 Å². The normalized spacial score (nSPS) is 24.5. The van der Waals surface area contributed by atoms with Crippen molar-refractivity contribution in [3.05, 3.63) is 29.8 Å². The number of amides is 1. The van der Waals surface area contributed by atoms with Crippen molar-refractivity contribution in [2.75, 3.05) is 46.4 Å². The van der Waals surface area contributed by atoms with E-state index in [9.17, 15) is 4.79 Å². The predicted octanol–water partition coefficient (Wildman–Crippen LogP) is 1.81. The van der Waals surface area contributed by atoms with E-state index in [4.69, 9.17) is 9.47 Å². The molecule has 1 aromatic rings. The van der Waals surface area contributed by atoms with Crippen molar-refractivity contribution in [1.82, 2.24) is 9.80 Å². The van der Waals surface area contributed by atoms with Crippen LogP contribution in [0.4, 0.5) is 0 Å². The zero-order chi connectivity index (χ0) is 16.9. The third-order valence-corrected chi connectivity index (χ3v) is 4.95. The summed E-state index contributed by atoms with van der Waals surface area (Å²) in [5.41, 5.74) is 1.18. The Labute approximate surface area is 144 Å². The molecule has 132 valence electrons. The van der Waals surface area contributed by atoms with Gasteiger partial charge >= 0.3 is 0 Å². The molecule has 0 radical (unpaired) electrons. The highest BCUT2D eigenvalue weighted by Crippen LogP contribution is 2.24. The molecule has 2 atom stereocenters. The van der Waals surface area contributed by atoms with Crippen molar-refractivity contribution in [2.45, 2.75) is 25.9 Å². The molecule has 0 saturated carbocycles. The van der Waals surface area contributed by atoms with Crippen LogP contribution in [0, 0.1) is 5.92 Å². The average molecular weight is 332 g/mol. The van der Waals surface area contributed by atoms with Crippen LogP contribution < -0.4 is 4.74 Å². The third-order valence-electron chi connectivity index (χ3n) is 4.95. The molecule has 5 nitrogen and oxygen atoms in total. The first kappa shape index (κ1) is 17.2. The summed E-state index contributed by atoms with van der Waals surface area (Å²) in [7, 11) is 2.13. The Morgan fingerprint density at radius 2 is 2.04 bits per heavy atom. The van der Waals surface area contributed by atoms with Gasteiger partial charge < -0.3 is 19.3 Å². The standard InChI is InChI=1S/C19H28N2O3/c1-3-23-17-7-4-15(5-8-17)6-9-19(22)21-13-16-12-20(2)10-11-24-18(16)14-21/h4-5,7-8,16,18H,3,6,9-14H2,1-2H3/t16-,18+/m0/s1. The Kier molecular flexibility index (Phi) is 5.74. The summed E-state index contributed by atoms with van der Waals surface area (Å²) in [4.78, 5) is 16.8. The van der Waals surface area contributed by atoms with Crippen molar-refractivity contribution in [1.29, 1.82) is 0 Å². The summed E-state index contributed by atoms with van der Waals surface area (Å²) in [6.07, 6.45) is 1.55. The zero-order valence-electron chi connectivity index (χ0n) is 14.7. The van der Waals surface area contributed by atoms with Crippen LogP contribution in [0.1, 0.15) is 18.9 Å². The number of rotatable bonds is 5. The highest BCUT2D eigenvalue weighted by molar-refractivity contribution is 5.76. The Hall–Kier alpha value is -1.59. The Balaban J connectivity index is 1.49. The molecule has 0 aliphatic carbocycles. The first-order valence-electron chi connectivity index (χ1n) is 8.95.